The van der Waals surface area contributed by atoms with E-state index < -0.39 is 5.60 Å². The van der Waals surface area contributed by atoms with Crippen LogP contribution in [0.3, 0.4) is 0 Å². The Morgan fingerprint density at radius 3 is 2.86 bits per heavy atom. The van der Waals surface area contributed by atoms with E-state index in [9.17, 15) is 5.26 Å². The molecule has 0 saturated heterocycles. The largest absolute Gasteiger partial charge is 0.367 e. The average Bonchev–Trinajstić information content (AvgIpc) is 3.27. The SMILES string of the molecule is COC(C)(C1=NC2=CC=C(C#N)CC2=C1)c1c(C2CC2)cc(C)c2[nH]ccc12. The lowest BCUT2D eigenvalue weighted by molar-refractivity contribution is 0.0658. The number of benzene rings is 1. The highest BCUT2D eigenvalue weighted by Crippen LogP contribution is 2.49. The Morgan fingerprint density at radius 1 is 1.32 bits per heavy atom. The topological polar surface area (TPSA) is 61.2 Å². The first-order chi connectivity index (χ1) is 13.5. The van der Waals surface area contributed by atoms with Crippen molar-refractivity contribution < 1.29 is 4.74 Å². The van der Waals surface area contributed by atoms with Crippen LogP contribution in [-0.4, -0.2) is 17.8 Å². The highest BCUT2D eigenvalue weighted by molar-refractivity contribution is 6.09. The number of fused-ring (bicyclic) bond motifs is 2. The van der Waals surface area contributed by atoms with Crippen LogP contribution in [0.4, 0.5) is 0 Å². The fourth-order valence-electron chi connectivity index (χ4n) is 4.54. The molecule has 4 heteroatoms. The lowest BCUT2D eigenvalue weighted by Crippen LogP contribution is -2.34. The second-order valence-corrected chi connectivity index (χ2v) is 8.13. The molecule has 1 saturated carbocycles. The Morgan fingerprint density at radius 2 is 2.14 bits per heavy atom. The van der Waals surface area contributed by atoms with E-state index >= 15 is 0 Å². The third-order valence-electron chi connectivity index (χ3n) is 6.31. The van der Waals surface area contributed by atoms with Crippen molar-refractivity contribution in [2.75, 3.05) is 7.11 Å². The maximum atomic E-state index is 9.25. The molecule has 1 unspecified atom stereocenters. The Bertz CT molecular complexity index is 1160. The molecule has 0 amide bonds. The molecular formula is C24H23N3O. The van der Waals surface area contributed by atoms with Gasteiger partial charge in [-0.3, -0.25) is 0 Å². The molecule has 0 bridgehead atoms. The van der Waals surface area contributed by atoms with Gasteiger partial charge in [0.05, 0.1) is 17.5 Å². The predicted octanol–water partition coefficient (Wildman–Crippen LogP) is 5.33. The number of hydrogen-bond donors (Lipinski definition) is 1. The van der Waals surface area contributed by atoms with Crippen LogP contribution in [0.2, 0.25) is 0 Å². The van der Waals surface area contributed by atoms with E-state index in [-0.39, 0.29) is 0 Å². The van der Waals surface area contributed by atoms with Gasteiger partial charge in [-0.15, -0.1) is 0 Å². The molecule has 1 atom stereocenters. The minimum atomic E-state index is -0.649. The first-order valence-electron chi connectivity index (χ1n) is 9.82. The van der Waals surface area contributed by atoms with Crippen LogP contribution in [0.25, 0.3) is 10.9 Å². The number of H-pyrrole nitrogens is 1. The fourth-order valence-corrected chi connectivity index (χ4v) is 4.54. The summed E-state index contributed by atoms with van der Waals surface area (Å²) in [6.45, 7) is 4.30. The van der Waals surface area contributed by atoms with Crippen molar-refractivity contribution in [3.63, 3.8) is 0 Å². The van der Waals surface area contributed by atoms with Crippen molar-refractivity contribution in [1.82, 2.24) is 4.98 Å². The molecule has 1 N–H and O–H groups in total. The van der Waals surface area contributed by atoms with Gasteiger partial charge in [0, 0.05) is 41.8 Å². The zero-order chi connectivity index (χ0) is 19.5. The molecule has 2 aromatic rings. The number of ether oxygens (including phenoxy) is 1. The number of aryl methyl sites for hydroxylation is 1. The van der Waals surface area contributed by atoms with Crippen molar-refractivity contribution in [2.24, 2.45) is 4.99 Å². The molecule has 2 heterocycles. The van der Waals surface area contributed by atoms with E-state index in [1.807, 2.05) is 18.3 Å². The first-order valence-corrected chi connectivity index (χ1v) is 9.82. The van der Waals surface area contributed by atoms with Gasteiger partial charge < -0.3 is 9.72 Å². The van der Waals surface area contributed by atoms with Gasteiger partial charge in [-0.1, -0.05) is 6.07 Å². The van der Waals surface area contributed by atoms with Gasteiger partial charge in [0.1, 0.15) is 5.60 Å². The number of hydrogen-bond acceptors (Lipinski definition) is 3. The molecule has 1 aliphatic heterocycles. The van der Waals surface area contributed by atoms with Crippen LogP contribution >= 0.6 is 0 Å². The molecule has 28 heavy (non-hydrogen) atoms. The summed E-state index contributed by atoms with van der Waals surface area (Å²) in [5.74, 6) is 0.602. The monoisotopic (exact) mass is 369 g/mol. The van der Waals surface area contributed by atoms with E-state index in [1.54, 1.807) is 7.11 Å². The van der Waals surface area contributed by atoms with Crippen LogP contribution in [0.5, 0.6) is 0 Å². The quantitative estimate of drug-likeness (QED) is 0.791. The number of nitrogens with zero attached hydrogens (tertiary/aromatic N) is 2. The van der Waals surface area contributed by atoms with Crippen LogP contribution in [0.1, 0.15) is 48.8 Å². The molecular weight excluding hydrogens is 346 g/mol. The van der Waals surface area contributed by atoms with Crippen molar-refractivity contribution in [1.29, 1.82) is 5.26 Å². The van der Waals surface area contributed by atoms with Gasteiger partial charge in [0.15, 0.2) is 0 Å². The number of aliphatic imine (C=N–C) groups is 1. The summed E-state index contributed by atoms with van der Waals surface area (Å²) in [6.07, 6.45) is 11.0. The van der Waals surface area contributed by atoms with Crippen molar-refractivity contribution in [3.05, 3.63) is 70.1 Å². The molecule has 1 aromatic carbocycles. The van der Waals surface area contributed by atoms with E-state index in [0.29, 0.717) is 12.3 Å². The van der Waals surface area contributed by atoms with Crippen LogP contribution < -0.4 is 0 Å². The molecule has 1 fully saturated rings. The predicted molar refractivity (Wildman–Crippen MR) is 111 cm³/mol. The first kappa shape index (κ1) is 17.2. The average molecular weight is 369 g/mol. The number of methoxy groups -OCH3 is 1. The Labute approximate surface area is 164 Å². The number of aromatic amines is 1. The molecule has 3 aliphatic rings. The summed E-state index contributed by atoms with van der Waals surface area (Å²) in [7, 11) is 1.77. The highest BCUT2D eigenvalue weighted by atomic mass is 16.5. The lowest BCUT2D eigenvalue weighted by atomic mass is 9.82. The van der Waals surface area contributed by atoms with Crippen molar-refractivity contribution >= 4 is 16.6 Å². The number of nitriles is 1. The minimum absolute atomic E-state index is 0.602. The molecule has 140 valence electrons. The summed E-state index contributed by atoms with van der Waals surface area (Å²) < 4.78 is 6.20. The standard InChI is InChI=1S/C24H23N3O/c1-14-10-19(16-5-6-16)22(18-8-9-26-23(14)18)24(2,28-3)21-12-17-11-15(13-25)4-7-20(17)27-21/h4,7-10,12,16,26H,5-6,11H2,1-3H3. The van der Waals surface area contributed by atoms with Crippen molar-refractivity contribution in [2.45, 2.75) is 44.6 Å². The number of nitrogens with one attached hydrogen (secondary N) is 1. The fraction of sp³-hybridized carbons (Fsp3) is 0.333. The number of aromatic nitrogens is 1. The van der Waals surface area contributed by atoms with E-state index in [2.05, 4.69) is 43.1 Å². The third kappa shape index (κ3) is 2.43. The van der Waals surface area contributed by atoms with E-state index in [4.69, 9.17) is 9.73 Å². The van der Waals surface area contributed by atoms with Gasteiger partial charge in [-0.05, 0) is 73.6 Å². The van der Waals surface area contributed by atoms with Gasteiger partial charge >= 0.3 is 0 Å². The molecule has 5 rings (SSSR count). The second-order valence-electron chi connectivity index (χ2n) is 8.13. The van der Waals surface area contributed by atoms with Crippen molar-refractivity contribution in [3.8, 4) is 6.07 Å². The van der Waals surface area contributed by atoms with Gasteiger partial charge in [0.25, 0.3) is 0 Å². The third-order valence-corrected chi connectivity index (χ3v) is 6.31. The van der Waals surface area contributed by atoms with E-state index in [0.717, 1.165) is 22.6 Å². The molecule has 0 spiro atoms. The van der Waals surface area contributed by atoms with E-state index in [1.165, 1.54) is 40.4 Å². The summed E-state index contributed by atoms with van der Waals surface area (Å²) >= 11 is 0. The lowest BCUT2D eigenvalue weighted by Gasteiger charge is -2.31. The molecule has 0 radical (unpaired) electrons. The summed E-state index contributed by atoms with van der Waals surface area (Å²) in [4.78, 5) is 8.33. The highest BCUT2D eigenvalue weighted by Gasteiger charge is 2.41. The zero-order valence-electron chi connectivity index (χ0n) is 16.5. The van der Waals surface area contributed by atoms with Gasteiger partial charge in [-0.25, -0.2) is 4.99 Å². The number of rotatable bonds is 4. The second kappa shape index (κ2) is 6.05. The molecule has 2 aliphatic carbocycles. The smallest absolute Gasteiger partial charge is 0.133 e. The summed E-state index contributed by atoms with van der Waals surface area (Å²) in [5, 5.41) is 10.5. The summed E-state index contributed by atoms with van der Waals surface area (Å²) in [5.41, 5.74) is 8.13. The zero-order valence-corrected chi connectivity index (χ0v) is 16.5. The maximum absolute atomic E-state index is 9.25. The maximum Gasteiger partial charge on any atom is 0.133 e. The number of allylic oxidation sites excluding steroid dienone is 4. The Balaban J connectivity index is 1.70. The van der Waals surface area contributed by atoms with Crippen LogP contribution in [0, 0.1) is 18.3 Å². The molecule has 4 nitrogen and oxygen atoms in total. The van der Waals surface area contributed by atoms with Crippen LogP contribution in [-0.2, 0) is 10.3 Å². The van der Waals surface area contributed by atoms with Gasteiger partial charge in [0.2, 0.25) is 0 Å². The summed E-state index contributed by atoms with van der Waals surface area (Å²) in [6, 6.07) is 6.75. The van der Waals surface area contributed by atoms with Crippen LogP contribution in [0.15, 0.2) is 58.4 Å². The van der Waals surface area contributed by atoms with Gasteiger partial charge in [-0.2, -0.15) is 5.26 Å². The minimum Gasteiger partial charge on any atom is -0.367 e. The Hall–Kier alpha value is -2.90. The normalized spacial score (nSPS) is 20.6. The Kier molecular flexibility index (Phi) is 3.72. The molecule has 1 aromatic heterocycles.